The molecule has 0 saturated carbocycles. The van der Waals surface area contributed by atoms with E-state index in [2.05, 4.69) is 9.97 Å². The van der Waals surface area contributed by atoms with Gasteiger partial charge in [-0.1, -0.05) is 18.2 Å². The van der Waals surface area contributed by atoms with Gasteiger partial charge in [0.05, 0.1) is 30.8 Å². The molecule has 8 heteroatoms. The zero-order valence-electron chi connectivity index (χ0n) is 16.3. The minimum absolute atomic E-state index is 0.0245. The molecular weight excluding hydrogens is 370 g/mol. The van der Waals surface area contributed by atoms with Crippen LogP contribution in [0.1, 0.15) is 16.3 Å². The first-order valence-corrected chi connectivity index (χ1v) is 9.59. The number of carbonyl (C=O) groups is 2. The number of benzene rings is 1. The van der Waals surface area contributed by atoms with Crippen LogP contribution in [0.4, 0.5) is 0 Å². The van der Waals surface area contributed by atoms with Gasteiger partial charge in [0, 0.05) is 26.3 Å². The van der Waals surface area contributed by atoms with E-state index in [-0.39, 0.29) is 24.9 Å². The summed E-state index contributed by atoms with van der Waals surface area (Å²) in [6, 6.07) is 12.9. The molecule has 0 spiro atoms. The monoisotopic (exact) mass is 393 g/mol. The number of aromatic nitrogens is 3. The summed E-state index contributed by atoms with van der Waals surface area (Å²) in [5, 5.41) is 0. The highest BCUT2D eigenvalue weighted by molar-refractivity contribution is 5.92. The number of hydrogen-bond donors (Lipinski definition) is 0. The molecule has 0 unspecified atom stereocenters. The van der Waals surface area contributed by atoms with E-state index in [0.717, 1.165) is 11.0 Å². The van der Waals surface area contributed by atoms with Gasteiger partial charge in [0.2, 0.25) is 5.91 Å². The van der Waals surface area contributed by atoms with Gasteiger partial charge < -0.3 is 19.1 Å². The Hall–Kier alpha value is -3.26. The van der Waals surface area contributed by atoms with Crippen molar-refractivity contribution in [3.63, 3.8) is 0 Å². The molecule has 1 aliphatic heterocycles. The Balaban J connectivity index is 1.59. The van der Waals surface area contributed by atoms with Crippen molar-refractivity contribution in [2.75, 3.05) is 33.4 Å². The van der Waals surface area contributed by atoms with Crippen molar-refractivity contribution in [1.29, 1.82) is 0 Å². The number of nitrogens with zero attached hydrogens (tertiary/aromatic N) is 5. The molecule has 1 aromatic carbocycles. The Morgan fingerprint density at radius 1 is 1.10 bits per heavy atom. The number of amides is 2. The van der Waals surface area contributed by atoms with Crippen molar-refractivity contribution in [3.8, 4) is 0 Å². The third-order valence-corrected chi connectivity index (χ3v) is 5.00. The lowest BCUT2D eigenvalue weighted by Gasteiger charge is -2.27. The van der Waals surface area contributed by atoms with Crippen LogP contribution in [0.2, 0.25) is 0 Å². The molecule has 0 bridgehead atoms. The largest absolute Gasteiger partial charge is 0.378 e. The van der Waals surface area contributed by atoms with Crippen LogP contribution >= 0.6 is 0 Å². The van der Waals surface area contributed by atoms with E-state index in [1.54, 1.807) is 36.3 Å². The van der Waals surface area contributed by atoms with Gasteiger partial charge >= 0.3 is 0 Å². The summed E-state index contributed by atoms with van der Waals surface area (Å²) in [6.45, 7) is 2.77. The molecule has 0 radical (unpaired) electrons. The molecule has 0 atom stereocenters. The summed E-state index contributed by atoms with van der Waals surface area (Å²) in [5.74, 6) is 0.500. The molecule has 1 fully saturated rings. The van der Waals surface area contributed by atoms with Gasteiger partial charge in [0.1, 0.15) is 18.1 Å². The Bertz CT molecular complexity index is 1010. The molecule has 0 aliphatic carbocycles. The van der Waals surface area contributed by atoms with Crippen LogP contribution in [0.25, 0.3) is 11.0 Å². The molecule has 1 saturated heterocycles. The molecule has 4 rings (SSSR count). The second-order valence-corrected chi connectivity index (χ2v) is 6.97. The van der Waals surface area contributed by atoms with Crippen LogP contribution in [-0.4, -0.2) is 69.5 Å². The molecule has 1 aliphatic rings. The van der Waals surface area contributed by atoms with Crippen LogP contribution in [0.3, 0.4) is 0 Å². The van der Waals surface area contributed by atoms with E-state index in [1.807, 2.05) is 33.7 Å². The molecule has 150 valence electrons. The molecule has 29 heavy (non-hydrogen) atoms. The topological polar surface area (TPSA) is 80.6 Å². The SMILES string of the molecule is CN(Cc1nc2ccccc2n1CC(=O)N1CCOCC1)C(=O)c1ccccn1. The first-order chi connectivity index (χ1) is 14.1. The van der Waals surface area contributed by atoms with E-state index in [0.29, 0.717) is 37.8 Å². The quantitative estimate of drug-likeness (QED) is 0.657. The fraction of sp³-hybridized carbons (Fsp3) is 0.333. The number of hydrogen-bond acceptors (Lipinski definition) is 5. The zero-order chi connectivity index (χ0) is 20.2. The highest BCUT2D eigenvalue weighted by Gasteiger charge is 2.22. The number of carbonyl (C=O) groups excluding carboxylic acids is 2. The number of fused-ring (bicyclic) bond motifs is 1. The highest BCUT2D eigenvalue weighted by atomic mass is 16.5. The first kappa shape index (κ1) is 19.1. The van der Waals surface area contributed by atoms with Gasteiger partial charge in [-0.05, 0) is 24.3 Å². The first-order valence-electron chi connectivity index (χ1n) is 9.59. The number of rotatable bonds is 5. The fourth-order valence-corrected chi connectivity index (χ4v) is 3.44. The number of para-hydroxylation sites is 2. The lowest BCUT2D eigenvalue weighted by atomic mass is 10.3. The Labute approximate surface area is 168 Å². The summed E-state index contributed by atoms with van der Waals surface area (Å²) in [7, 11) is 1.71. The van der Waals surface area contributed by atoms with E-state index in [9.17, 15) is 9.59 Å². The third kappa shape index (κ3) is 4.12. The number of imidazole rings is 1. The smallest absolute Gasteiger partial charge is 0.272 e. The number of ether oxygens (including phenoxy) is 1. The van der Waals surface area contributed by atoms with Gasteiger partial charge in [0.25, 0.3) is 5.91 Å². The zero-order valence-corrected chi connectivity index (χ0v) is 16.3. The summed E-state index contributed by atoms with van der Waals surface area (Å²) >= 11 is 0. The fourth-order valence-electron chi connectivity index (χ4n) is 3.44. The minimum Gasteiger partial charge on any atom is -0.378 e. The Morgan fingerprint density at radius 3 is 2.62 bits per heavy atom. The van der Waals surface area contributed by atoms with Crippen molar-refractivity contribution in [1.82, 2.24) is 24.3 Å². The summed E-state index contributed by atoms with van der Waals surface area (Å²) in [6.07, 6.45) is 1.59. The average Bonchev–Trinajstić information content (AvgIpc) is 3.11. The predicted octanol–water partition coefficient (Wildman–Crippen LogP) is 1.56. The molecule has 3 aromatic rings. The van der Waals surface area contributed by atoms with Crippen LogP contribution < -0.4 is 0 Å². The Kier molecular flexibility index (Phi) is 5.53. The molecule has 2 amide bonds. The molecule has 2 aromatic heterocycles. The maximum atomic E-state index is 12.8. The second kappa shape index (κ2) is 8.40. The molecule has 3 heterocycles. The summed E-state index contributed by atoms with van der Waals surface area (Å²) < 4.78 is 7.24. The van der Waals surface area contributed by atoms with Crippen molar-refractivity contribution in [2.45, 2.75) is 13.1 Å². The van der Waals surface area contributed by atoms with Gasteiger partial charge in [-0.15, -0.1) is 0 Å². The third-order valence-electron chi connectivity index (χ3n) is 5.00. The summed E-state index contributed by atoms with van der Waals surface area (Å²) in [4.78, 5) is 37.7. The normalized spacial score (nSPS) is 14.2. The molecule has 8 nitrogen and oxygen atoms in total. The second-order valence-electron chi connectivity index (χ2n) is 6.97. The van der Waals surface area contributed by atoms with Crippen molar-refractivity contribution in [2.24, 2.45) is 0 Å². The van der Waals surface area contributed by atoms with Crippen LogP contribution in [-0.2, 0) is 22.6 Å². The van der Waals surface area contributed by atoms with Crippen LogP contribution in [0.15, 0.2) is 48.7 Å². The summed E-state index contributed by atoms with van der Waals surface area (Å²) in [5.41, 5.74) is 2.06. The van der Waals surface area contributed by atoms with Gasteiger partial charge in [-0.3, -0.25) is 14.6 Å². The maximum absolute atomic E-state index is 12.8. The maximum Gasteiger partial charge on any atom is 0.272 e. The van der Waals surface area contributed by atoms with Crippen molar-refractivity contribution in [3.05, 3.63) is 60.2 Å². The van der Waals surface area contributed by atoms with Gasteiger partial charge in [0.15, 0.2) is 0 Å². The van der Waals surface area contributed by atoms with Gasteiger partial charge in [-0.25, -0.2) is 4.98 Å². The van der Waals surface area contributed by atoms with Crippen LogP contribution in [0.5, 0.6) is 0 Å². The number of morpholine rings is 1. The van der Waals surface area contributed by atoms with E-state index in [4.69, 9.17) is 4.74 Å². The number of pyridine rings is 1. The predicted molar refractivity (Wildman–Crippen MR) is 107 cm³/mol. The van der Waals surface area contributed by atoms with E-state index < -0.39 is 0 Å². The molecule has 0 N–H and O–H groups in total. The Morgan fingerprint density at radius 2 is 1.86 bits per heavy atom. The standard InChI is InChI=1S/C21H23N5O3/c1-24(21(28)17-7-4-5-9-22-17)14-19-23-16-6-2-3-8-18(16)26(19)15-20(27)25-10-12-29-13-11-25/h2-9H,10-15H2,1H3. The molecular formula is C21H23N5O3. The van der Waals surface area contributed by atoms with Gasteiger partial charge in [-0.2, -0.15) is 0 Å². The van der Waals surface area contributed by atoms with E-state index in [1.165, 1.54) is 0 Å². The lowest BCUT2D eigenvalue weighted by molar-refractivity contribution is -0.135. The van der Waals surface area contributed by atoms with Crippen LogP contribution in [0, 0.1) is 0 Å². The van der Waals surface area contributed by atoms with Crippen molar-refractivity contribution < 1.29 is 14.3 Å². The van der Waals surface area contributed by atoms with Crippen molar-refractivity contribution >= 4 is 22.8 Å². The van der Waals surface area contributed by atoms with E-state index >= 15 is 0 Å². The average molecular weight is 393 g/mol. The minimum atomic E-state index is -0.191. The highest BCUT2D eigenvalue weighted by Crippen LogP contribution is 2.18. The lowest BCUT2D eigenvalue weighted by Crippen LogP contribution is -2.42.